The zero-order chi connectivity index (χ0) is 28.3. The predicted octanol–water partition coefficient (Wildman–Crippen LogP) is 3.04. The van der Waals surface area contributed by atoms with Crippen molar-refractivity contribution >= 4 is 61.1 Å². The summed E-state index contributed by atoms with van der Waals surface area (Å²) in [5.74, 6) is -1.11. The first kappa shape index (κ1) is 28.7. The van der Waals surface area contributed by atoms with Gasteiger partial charge in [0.05, 0.1) is 28.8 Å². The number of sulfonamides is 1. The monoisotopic (exact) mass is 594 g/mol. The summed E-state index contributed by atoms with van der Waals surface area (Å²) in [5, 5.41) is 0.510. The molecule has 0 atom stereocenters. The molecule has 11 nitrogen and oxygen atoms in total. The van der Waals surface area contributed by atoms with E-state index in [0.29, 0.717) is 10.5 Å². The molecule has 2 heterocycles. The first-order valence-corrected chi connectivity index (χ1v) is 14.7. The molecule has 4 rings (SSSR count). The van der Waals surface area contributed by atoms with Gasteiger partial charge in [-0.15, -0.1) is 0 Å². The number of aromatic nitrogens is 1. The van der Waals surface area contributed by atoms with Gasteiger partial charge in [-0.3, -0.25) is 9.59 Å². The van der Waals surface area contributed by atoms with Crippen molar-refractivity contribution in [1.29, 1.82) is 0 Å². The number of nitrogens with zero attached hydrogens (tertiary/aromatic N) is 4. The van der Waals surface area contributed by atoms with Crippen LogP contribution in [0.1, 0.15) is 22.8 Å². The van der Waals surface area contributed by atoms with Gasteiger partial charge in [0, 0.05) is 36.8 Å². The molecule has 1 aliphatic heterocycles. The van der Waals surface area contributed by atoms with Gasteiger partial charge in [0.2, 0.25) is 10.0 Å². The number of amides is 2. The predicted molar refractivity (Wildman–Crippen MR) is 145 cm³/mol. The number of aryl methyl sites for hydroxylation is 1. The van der Waals surface area contributed by atoms with Crippen LogP contribution in [0.3, 0.4) is 0 Å². The molecule has 39 heavy (non-hydrogen) atoms. The Hall–Kier alpha value is -3.26. The lowest BCUT2D eigenvalue weighted by Gasteiger charge is -2.33. The van der Waals surface area contributed by atoms with Crippen molar-refractivity contribution in [2.45, 2.75) is 25.3 Å². The van der Waals surface area contributed by atoms with Crippen molar-refractivity contribution in [1.82, 2.24) is 13.8 Å². The van der Waals surface area contributed by atoms with E-state index in [9.17, 15) is 22.8 Å². The van der Waals surface area contributed by atoms with E-state index in [1.165, 1.54) is 51.9 Å². The van der Waals surface area contributed by atoms with Crippen LogP contribution >= 0.6 is 22.9 Å². The van der Waals surface area contributed by atoms with Gasteiger partial charge >= 0.3 is 12.1 Å². The summed E-state index contributed by atoms with van der Waals surface area (Å²) in [6.45, 7) is 4.31. The Morgan fingerprint density at radius 3 is 2.33 bits per heavy atom. The molecule has 1 fully saturated rings. The Morgan fingerprint density at radius 2 is 1.72 bits per heavy atom. The van der Waals surface area contributed by atoms with E-state index in [-0.39, 0.29) is 54.6 Å². The highest BCUT2D eigenvalue weighted by atomic mass is 35.5. The van der Waals surface area contributed by atoms with E-state index < -0.39 is 28.0 Å². The lowest BCUT2D eigenvalue weighted by molar-refractivity contribution is -0.141. The topological polar surface area (TPSA) is 128 Å². The number of benzene rings is 2. The third-order valence-electron chi connectivity index (χ3n) is 6.25. The Kier molecular flexibility index (Phi) is 8.74. The van der Waals surface area contributed by atoms with Gasteiger partial charge in [-0.1, -0.05) is 22.9 Å². The van der Waals surface area contributed by atoms with Gasteiger partial charge in [-0.25, -0.2) is 13.2 Å². The standard InChI is InChI=1S/C25H27ClN4O7S2/c1-4-37-25(33)28-11-13-29(14-12-28)39(34,35)18-7-5-17(6-8-18)23(32)27-24-30(15-21(31)36-3)22-16(2)19(26)9-10-20(22)38-24/h5-10H,4,11-15H2,1-3H3. The zero-order valence-electron chi connectivity index (χ0n) is 21.5. The smallest absolute Gasteiger partial charge is 0.409 e. The molecule has 0 unspecified atom stereocenters. The Balaban J connectivity index is 1.58. The molecule has 0 radical (unpaired) electrons. The van der Waals surface area contributed by atoms with E-state index in [0.717, 1.165) is 10.3 Å². The molecule has 1 saturated heterocycles. The number of rotatable bonds is 6. The van der Waals surface area contributed by atoms with E-state index in [2.05, 4.69) is 4.99 Å². The van der Waals surface area contributed by atoms with Crippen molar-refractivity contribution in [2.75, 3.05) is 39.9 Å². The number of thiazole rings is 1. The van der Waals surface area contributed by atoms with Crippen LogP contribution in [0.2, 0.25) is 5.02 Å². The highest BCUT2D eigenvalue weighted by Crippen LogP contribution is 2.27. The fraction of sp³-hybridized carbons (Fsp3) is 0.360. The summed E-state index contributed by atoms with van der Waals surface area (Å²) >= 11 is 7.51. The van der Waals surface area contributed by atoms with E-state index >= 15 is 0 Å². The maximum atomic E-state index is 13.1. The maximum absolute atomic E-state index is 13.1. The number of carbonyl (C=O) groups excluding carboxylic acids is 3. The zero-order valence-corrected chi connectivity index (χ0v) is 23.9. The highest BCUT2D eigenvalue weighted by Gasteiger charge is 2.30. The SMILES string of the molecule is CCOC(=O)N1CCN(S(=O)(=O)c2ccc(C(=O)N=c3sc4ccc(Cl)c(C)c4n3CC(=O)OC)cc2)CC1. The number of hydrogen-bond donors (Lipinski definition) is 0. The van der Waals surface area contributed by atoms with E-state index in [1.54, 1.807) is 23.6 Å². The third-order valence-corrected chi connectivity index (χ3v) is 9.61. The van der Waals surface area contributed by atoms with Crippen LogP contribution in [0.5, 0.6) is 0 Å². The minimum atomic E-state index is -3.83. The second kappa shape index (κ2) is 11.9. The van der Waals surface area contributed by atoms with Gasteiger partial charge in [-0.05, 0) is 55.8 Å². The Morgan fingerprint density at radius 1 is 1.05 bits per heavy atom. The summed E-state index contributed by atoms with van der Waals surface area (Å²) in [6.07, 6.45) is -0.467. The summed E-state index contributed by atoms with van der Waals surface area (Å²) in [4.78, 5) is 43.0. The maximum Gasteiger partial charge on any atom is 0.409 e. The van der Waals surface area contributed by atoms with E-state index in [4.69, 9.17) is 21.1 Å². The van der Waals surface area contributed by atoms with Crippen molar-refractivity contribution in [3.8, 4) is 0 Å². The number of fused-ring (bicyclic) bond motifs is 1. The van der Waals surface area contributed by atoms with Crippen molar-refractivity contribution in [2.24, 2.45) is 4.99 Å². The molecule has 1 aliphatic rings. The van der Waals surface area contributed by atoms with Crippen LogP contribution in [0.25, 0.3) is 10.2 Å². The number of halogens is 1. The molecule has 1 aromatic heterocycles. The summed E-state index contributed by atoms with van der Waals surface area (Å²) in [5.41, 5.74) is 1.59. The van der Waals surface area contributed by atoms with Crippen molar-refractivity contribution < 1.29 is 32.3 Å². The second-order valence-corrected chi connectivity index (χ2v) is 12.0. The molecule has 14 heteroatoms. The number of piperazine rings is 1. The van der Waals surface area contributed by atoms with Gasteiger partial charge in [-0.2, -0.15) is 9.30 Å². The second-order valence-electron chi connectivity index (χ2n) is 8.60. The number of methoxy groups -OCH3 is 1. The molecule has 0 spiro atoms. The molecular weight excluding hydrogens is 568 g/mol. The first-order valence-electron chi connectivity index (χ1n) is 12.0. The molecule has 0 saturated carbocycles. The minimum Gasteiger partial charge on any atom is -0.468 e. The summed E-state index contributed by atoms with van der Waals surface area (Å²) in [7, 11) is -2.55. The largest absolute Gasteiger partial charge is 0.468 e. The summed E-state index contributed by atoms with van der Waals surface area (Å²) < 4.78 is 39.7. The van der Waals surface area contributed by atoms with Crippen LogP contribution < -0.4 is 4.80 Å². The van der Waals surface area contributed by atoms with Gasteiger partial charge in [0.25, 0.3) is 5.91 Å². The average Bonchev–Trinajstić information content (AvgIpc) is 3.27. The molecule has 2 amide bonds. The molecule has 208 valence electrons. The Bertz CT molecular complexity index is 1590. The molecule has 3 aromatic rings. The number of ether oxygens (including phenoxy) is 2. The van der Waals surface area contributed by atoms with E-state index in [1.807, 2.05) is 6.92 Å². The average molecular weight is 595 g/mol. The molecule has 2 aromatic carbocycles. The van der Waals surface area contributed by atoms with Gasteiger partial charge in [0.15, 0.2) is 4.80 Å². The molecule has 0 N–H and O–H groups in total. The lowest BCUT2D eigenvalue weighted by atomic mass is 10.2. The van der Waals surface area contributed by atoms with Crippen LogP contribution in [0, 0.1) is 6.92 Å². The number of carbonyl (C=O) groups is 3. The fourth-order valence-corrected chi connectivity index (χ4v) is 6.80. The molecule has 0 bridgehead atoms. The number of esters is 1. The molecule has 0 aliphatic carbocycles. The van der Waals surface area contributed by atoms with Crippen molar-refractivity contribution in [3.63, 3.8) is 0 Å². The van der Waals surface area contributed by atoms with Gasteiger partial charge in [0.1, 0.15) is 6.54 Å². The lowest BCUT2D eigenvalue weighted by Crippen LogP contribution is -2.50. The summed E-state index contributed by atoms with van der Waals surface area (Å²) in [6, 6.07) is 9.03. The van der Waals surface area contributed by atoms with Gasteiger partial charge < -0.3 is 18.9 Å². The first-order chi connectivity index (χ1) is 18.6. The van der Waals surface area contributed by atoms with Crippen LogP contribution in [0.15, 0.2) is 46.3 Å². The minimum absolute atomic E-state index is 0.0246. The van der Waals surface area contributed by atoms with Crippen LogP contribution in [-0.2, 0) is 30.8 Å². The normalized spacial score (nSPS) is 15.0. The third kappa shape index (κ3) is 6.01. The van der Waals surface area contributed by atoms with Crippen molar-refractivity contribution in [3.05, 3.63) is 57.3 Å². The Labute approximate surface area is 234 Å². The fourth-order valence-electron chi connectivity index (χ4n) is 4.14. The highest BCUT2D eigenvalue weighted by molar-refractivity contribution is 7.89. The number of hydrogen-bond acceptors (Lipinski definition) is 8. The molecular formula is C25H27ClN4O7S2. The quantitative estimate of drug-likeness (QED) is 0.401. The van der Waals surface area contributed by atoms with Crippen LogP contribution in [0.4, 0.5) is 4.79 Å². The van der Waals surface area contributed by atoms with Crippen LogP contribution in [-0.4, -0.2) is 80.1 Å².